The summed E-state index contributed by atoms with van der Waals surface area (Å²) in [5.74, 6) is 0.0269. The van der Waals surface area contributed by atoms with E-state index in [1.54, 1.807) is 0 Å². The first-order chi connectivity index (χ1) is 11.7. The van der Waals surface area contributed by atoms with Crippen LogP contribution in [0.3, 0.4) is 0 Å². The van der Waals surface area contributed by atoms with Gasteiger partial charge in [0.05, 0.1) is 5.71 Å². The van der Waals surface area contributed by atoms with Gasteiger partial charge in [-0.25, -0.2) is 5.43 Å². The van der Waals surface area contributed by atoms with Crippen LogP contribution in [0.1, 0.15) is 89.2 Å². The number of nitrogens with one attached hydrogen (secondary N) is 1. The van der Waals surface area contributed by atoms with Gasteiger partial charge in [0.2, 0.25) is 5.91 Å². The molecule has 0 aliphatic rings. The lowest BCUT2D eigenvalue weighted by Crippen LogP contribution is -2.19. The molecule has 0 saturated carbocycles. The summed E-state index contributed by atoms with van der Waals surface area (Å²) in [5.41, 5.74) is 5.95. The number of aryl methyl sites for hydroxylation is 1. The average Bonchev–Trinajstić information content (AvgIpc) is 2.59. The van der Waals surface area contributed by atoms with Gasteiger partial charge in [-0.2, -0.15) is 5.10 Å². The van der Waals surface area contributed by atoms with E-state index in [0.29, 0.717) is 6.42 Å². The second-order valence-electron chi connectivity index (χ2n) is 6.54. The van der Waals surface area contributed by atoms with Crippen LogP contribution >= 0.6 is 0 Å². The second-order valence-corrected chi connectivity index (χ2v) is 6.54. The summed E-state index contributed by atoms with van der Waals surface area (Å²) in [7, 11) is 0. The van der Waals surface area contributed by atoms with E-state index in [1.165, 1.54) is 44.1 Å². The molecule has 1 rings (SSSR count). The maximum atomic E-state index is 11.9. The van der Waals surface area contributed by atoms with Gasteiger partial charge >= 0.3 is 0 Å². The van der Waals surface area contributed by atoms with Gasteiger partial charge in [-0.05, 0) is 25.3 Å². The third-order valence-electron chi connectivity index (χ3n) is 4.29. The van der Waals surface area contributed by atoms with Crippen LogP contribution in [0.4, 0.5) is 0 Å². The van der Waals surface area contributed by atoms with Gasteiger partial charge in [-0.3, -0.25) is 4.79 Å². The highest BCUT2D eigenvalue weighted by molar-refractivity contribution is 6.00. The van der Waals surface area contributed by atoms with Gasteiger partial charge in [-0.1, -0.05) is 88.6 Å². The van der Waals surface area contributed by atoms with Crippen molar-refractivity contribution in [2.24, 2.45) is 5.10 Å². The van der Waals surface area contributed by atoms with Crippen molar-refractivity contribution in [1.29, 1.82) is 0 Å². The van der Waals surface area contributed by atoms with E-state index < -0.39 is 0 Å². The van der Waals surface area contributed by atoms with Crippen LogP contribution in [0, 0.1) is 6.92 Å². The third-order valence-corrected chi connectivity index (χ3v) is 4.29. The molecule has 0 aliphatic heterocycles. The monoisotopic (exact) mass is 330 g/mol. The van der Waals surface area contributed by atoms with Gasteiger partial charge in [0.1, 0.15) is 0 Å². The lowest BCUT2D eigenvalue weighted by Gasteiger charge is -2.06. The van der Waals surface area contributed by atoms with Crippen molar-refractivity contribution >= 4 is 11.6 Å². The van der Waals surface area contributed by atoms with Crippen molar-refractivity contribution in [1.82, 2.24) is 5.43 Å². The summed E-state index contributed by atoms with van der Waals surface area (Å²) in [6, 6.07) is 8.26. The standard InChI is InChI=1S/C21H34N2O/c1-4-6-7-8-9-10-11-12-13-21(24)23-22-20(5-2)19-16-14-18(3)15-17-19/h14-17H,4-13H2,1-3H3,(H,23,24)/b22-20+. The number of nitrogens with zero attached hydrogens (tertiary/aromatic N) is 1. The summed E-state index contributed by atoms with van der Waals surface area (Å²) < 4.78 is 0. The molecule has 0 atom stereocenters. The van der Waals surface area contributed by atoms with E-state index in [0.717, 1.165) is 30.5 Å². The Labute approximate surface area is 147 Å². The van der Waals surface area contributed by atoms with E-state index in [-0.39, 0.29) is 5.91 Å². The predicted molar refractivity (Wildman–Crippen MR) is 103 cm³/mol. The van der Waals surface area contributed by atoms with Crippen molar-refractivity contribution in [3.05, 3.63) is 35.4 Å². The summed E-state index contributed by atoms with van der Waals surface area (Å²) in [5, 5.41) is 4.31. The molecule has 0 heterocycles. The van der Waals surface area contributed by atoms with Crippen LogP contribution in [0.25, 0.3) is 0 Å². The van der Waals surface area contributed by atoms with E-state index in [9.17, 15) is 4.79 Å². The van der Waals surface area contributed by atoms with Gasteiger partial charge < -0.3 is 0 Å². The first-order valence-electron chi connectivity index (χ1n) is 9.59. The molecule has 0 unspecified atom stereocenters. The third kappa shape index (κ3) is 8.85. The minimum Gasteiger partial charge on any atom is -0.273 e. The molecule has 1 aromatic rings. The number of carbonyl (C=O) groups is 1. The number of unbranched alkanes of at least 4 members (excludes halogenated alkanes) is 7. The Morgan fingerprint density at radius 2 is 1.50 bits per heavy atom. The molecule has 0 saturated heterocycles. The zero-order valence-electron chi connectivity index (χ0n) is 15.7. The highest BCUT2D eigenvalue weighted by Gasteiger charge is 2.04. The van der Waals surface area contributed by atoms with E-state index >= 15 is 0 Å². The van der Waals surface area contributed by atoms with Gasteiger partial charge in [-0.15, -0.1) is 0 Å². The predicted octanol–water partition coefficient (Wildman–Crippen LogP) is 5.76. The second kappa shape index (κ2) is 12.7. The number of amides is 1. The molecule has 0 spiro atoms. The number of rotatable bonds is 12. The molecule has 1 amide bonds. The number of carbonyl (C=O) groups excluding carboxylic acids is 1. The normalized spacial score (nSPS) is 11.5. The fourth-order valence-corrected chi connectivity index (χ4v) is 2.70. The minimum absolute atomic E-state index is 0.0269. The molecule has 1 N–H and O–H groups in total. The van der Waals surface area contributed by atoms with Gasteiger partial charge in [0.15, 0.2) is 0 Å². The molecule has 0 radical (unpaired) electrons. The molecule has 134 valence electrons. The van der Waals surface area contributed by atoms with Crippen molar-refractivity contribution < 1.29 is 4.79 Å². The molecule has 0 bridgehead atoms. The van der Waals surface area contributed by atoms with Crippen molar-refractivity contribution in [2.75, 3.05) is 0 Å². The van der Waals surface area contributed by atoms with E-state index in [1.807, 2.05) is 0 Å². The number of benzene rings is 1. The summed E-state index contributed by atoms with van der Waals surface area (Å²) in [6.07, 6.45) is 11.3. The molecular formula is C21H34N2O. The SMILES string of the molecule is CCCCCCCCCCC(=O)N/N=C(\CC)c1ccc(C)cc1. The van der Waals surface area contributed by atoms with Gasteiger partial charge in [0, 0.05) is 6.42 Å². The quantitative estimate of drug-likeness (QED) is 0.295. The van der Waals surface area contributed by atoms with Crippen LogP contribution in [0.2, 0.25) is 0 Å². The lowest BCUT2D eigenvalue weighted by molar-refractivity contribution is -0.121. The Kier molecular flexibility index (Phi) is 10.8. The summed E-state index contributed by atoms with van der Waals surface area (Å²) in [6.45, 7) is 6.37. The van der Waals surface area contributed by atoms with Crippen molar-refractivity contribution in [3.8, 4) is 0 Å². The Balaban J connectivity index is 2.22. The molecule has 3 nitrogen and oxygen atoms in total. The van der Waals surface area contributed by atoms with Crippen LogP contribution in [-0.4, -0.2) is 11.6 Å². The highest BCUT2D eigenvalue weighted by atomic mass is 16.2. The largest absolute Gasteiger partial charge is 0.273 e. The zero-order chi connectivity index (χ0) is 17.6. The number of hydrogen-bond acceptors (Lipinski definition) is 2. The van der Waals surface area contributed by atoms with Crippen molar-refractivity contribution in [3.63, 3.8) is 0 Å². The van der Waals surface area contributed by atoms with E-state index in [4.69, 9.17) is 0 Å². The first kappa shape index (κ1) is 20.4. The van der Waals surface area contributed by atoms with Gasteiger partial charge in [0.25, 0.3) is 0 Å². The fourth-order valence-electron chi connectivity index (χ4n) is 2.70. The Morgan fingerprint density at radius 3 is 2.08 bits per heavy atom. The number of hydrogen-bond donors (Lipinski definition) is 1. The molecule has 24 heavy (non-hydrogen) atoms. The summed E-state index contributed by atoms with van der Waals surface area (Å²) in [4.78, 5) is 11.9. The number of hydrazone groups is 1. The fraction of sp³-hybridized carbons (Fsp3) is 0.619. The zero-order valence-corrected chi connectivity index (χ0v) is 15.7. The average molecular weight is 331 g/mol. The van der Waals surface area contributed by atoms with Crippen LogP contribution in [-0.2, 0) is 4.79 Å². The molecule has 0 aromatic heterocycles. The molecule has 0 fully saturated rings. The molecule has 1 aromatic carbocycles. The Hall–Kier alpha value is -1.64. The summed E-state index contributed by atoms with van der Waals surface area (Å²) >= 11 is 0. The maximum Gasteiger partial charge on any atom is 0.240 e. The van der Waals surface area contributed by atoms with Crippen LogP contribution < -0.4 is 5.43 Å². The molecule has 3 heteroatoms. The van der Waals surface area contributed by atoms with Crippen LogP contribution in [0.5, 0.6) is 0 Å². The van der Waals surface area contributed by atoms with E-state index in [2.05, 4.69) is 55.6 Å². The Morgan fingerprint density at radius 1 is 0.917 bits per heavy atom. The smallest absolute Gasteiger partial charge is 0.240 e. The lowest BCUT2D eigenvalue weighted by atomic mass is 10.1. The minimum atomic E-state index is 0.0269. The highest BCUT2D eigenvalue weighted by Crippen LogP contribution is 2.10. The maximum absolute atomic E-state index is 11.9. The Bertz CT molecular complexity index is 491. The molecule has 0 aliphatic carbocycles. The first-order valence-corrected chi connectivity index (χ1v) is 9.59. The topological polar surface area (TPSA) is 41.5 Å². The van der Waals surface area contributed by atoms with Crippen molar-refractivity contribution in [2.45, 2.75) is 85.0 Å². The van der Waals surface area contributed by atoms with Crippen LogP contribution in [0.15, 0.2) is 29.4 Å². The molecular weight excluding hydrogens is 296 g/mol.